The van der Waals surface area contributed by atoms with Crippen molar-refractivity contribution in [3.63, 3.8) is 0 Å². The van der Waals surface area contributed by atoms with Gasteiger partial charge in [0.05, 0.1) is 26.4 Å². The molecule has 1 aromatic heterocycles. The third-order valence-corrected chi connectivity index (χ3v) is 12.8. The van der Waals surface area contributed by atoms with E-state index in [1.165, 1.54) is 6.42 Å². The number of ether oxygens (including phenoxy) is 1. The fraction of sp³-hybridized carbons (Fsp3) is 0.568. The summed E-state index contributed by atoms with van der Waals surface area (Å²) in [6.07, 6.45) is 2.81. The normalized spacial score (nSPS) is 26.6. The molecule has 2 heterocycles. The van der Waals surface area contributed by atoms with Crippen LogP contribution in [0.15, 0.2) is 60.8 Å². The summed E-state index contributed by atoms with van der Waals surface area (Å²) < 4.78 is 6.10. The smallest absolute Gasteiger partial charge is 0.251 e. The average Bonchev–Trinajstić information content (AvgIpc) is 3.53. The lowest BCUT2D eigenvalue weighted by atomic mass is 9.45. The Hall–Kier alpha value is -4.07. The number of rotatable bonds is 15. The van der Waals surface area contributed by atoms with Crippen molar-refractivity contribution in [3.8, 4) is 16.9 Å². The van der Waals surface area contributed by atoms with Gasteiger partial charge in [0.1, 0.15) is 17.9 Å². The maximum Gasteiger partial charge on any atom is 0.251 e. The Morgan fingerprint density at radius 1 is 1.09 bits per heavy atom. The van der Waals surface area contributed by atoms with E-state index < -0.39 is 24.2 Å². The largest absolute Gasteiger partial charge is 0.496 e. The minimum atomic E-state index is -0.906. The number of aliphatic hydroxyl groups is 2. The number of pyridine rings is 1. The number of nitrogens with zero attached hydrogens (tertiary/aromatic N) is 4. The second kappa shape index (κ2) is 17.2. The number of fused-ring (bicyclic) bond motifs is 2. The van der Waals surface area contributed by atoms with Gasteiger partial charge in [-0.05, 0) is 92.9 Å². The second-order valence-electron chi connectivity index (χ2n) is 17.4. The molecule has 0 radical (unpaired) electrons. The average molecular weight is 771 g/mol. The summed E-state index contributed by atoms with van der Waals surface area (Å²) in [4.78, 5) is 43.1. The molecule has 304 valence electrons. The van der Waals surface area contributed by atoms with Gasteiger partial charge in [-0.15, -0.1) is 0 Å². The first-order valence-electron chi connectivity index (χ1n) is 20.0. The first kappa shape index (κ1) is 41.6. The van der Waals surface area contributed by atoms with Crippen LogP contribution in [-0.4, -0.2) is 116 Å². The molecular formula is C44H62N6O6. The zero-order valence-corrected chi connectivity index (χ0v) is 34.5. The molecule has 1 saturated heterocycles. The van der Waals surface area contributed by atoms with Crippen molar-refractivity contribution in [3.05, 3.63) is 77.6 Å². The molecule has 9 atom stereocenters. The minimum Gasteiger partial charge on any atom is -0.496 e. The zero-order chi connectivity index (χ0) is 40.5. The first-order valence-corrected chi connectivity index (χ1v) is 20.0. The van der Waals surface area contributed by atoms with Crippen molar-refractivity contribution in [2.75, 3.05) is 53.4 Å². The summed E-state index contributed by atoms with van der Waals surface area (Å²) in [7, 11) is 9.45. The van der Waals surface area contributed by atoms with Gasteiger partial charge in [0.15, 0.2) is 0 Å². The van der Waals surface area contributed by atoms with Gasteiger partial charge in [0.25, 0.3) is 5.91 Å². The number of likely N-dealkylation sites (N-methyl/N-ethyl adjacent to an activating group) is 1. The van der Waals surface area contributed by atoms with Gasteiger partial charge in [-0.3, -0.25) is 19.4 Å². The third kappa shape index (κ3) is 8.60. The first-order chi connectivity index (χ1) is 26.6. The molecule has 2 bridgehead atoms. The summed E-state index contributed by atoms with van der Waals surface area (Å²) in [6, 6.07) is 16.4. The van der Waals surface area contributed by atoms with Crippen LogP contribution in [0.5, 0.6) is 5.75 Å². The lowest BCUT2D eigenvalue weighted by Gasteiger charge is -2.62. The number of methoxy groups -OCH3 is 1. The number of nitrogens with one attached hydrogen (secondary N) is 2. The van der Waals surface area contributed by atoms with E-state index in [0.29, 0.717) is 42.0 Å². The molecule has 3 aromatic rings. The van der Waals surface area contributed by atoms with E-state index in [0.717, 1.165) is 34.5 Å². The van der Waals surface area contributed by atoms with Gasteiger partial charge >= 0.3 is 0 Å². The number of carbonyl (C=O) groups is 2. The molecule has 12 nitrogen and oxygen atoms in total. The summed E-state index contributed by atoms with van der Waals surface area (Å²) in [6.45, 7) is 9.01. The number of benzene rings is 2. The minimum absolute atomic E-state index is 0.0327. The predicted molar refractivity (Wildman–Crippen MR) is 218 cm³/mol. The van der Waals surface area contributed by atoms with E-state index >= 15 is 0 Å². The van der Waals surface area contributed by atoms with Crippen molar-refractivity contribution in [2.45, 2.75) is 83.8 Å². The van der Waals surface area contributed by atoms with Gasteiger partial charge in [0, 0.05) is 79.3 Å². The monoisotopic (exact) mass is 770 g/mol. The highest BCUT2D eigenvalue weighted by Crippen LogP contribution is 2.61. The van der Waals surface area contributed by atoms with Crippen molar-refractivity contribution < 1.29 is 29.4 Å². The lowest BCUT2D eigenvalue weighted by molar-refractivity contribution is -0.183. The van der Waals surface area contributed by atoms with Crippen molar-refractivity contribution in [1.29, 1.82) is 0 Å². The van der Waals surface area contributed by atoms with Crippen molar-refractivity contribution in [2.24, 2.45) is 29.1 Å². The summed E-state index contributed by atoms with van der Waals surface area (Å²) in [5, 5.41) is 29.6. The van der Waals surface area contributed by atoms with Crippen LogP contribution in [0, 0.1) is 29.1 Å². The molecule has 56 heavy (non-hydrogen) atoms. The lowest BCUT2D eigenvalue weighted by Crippen LogP contribution is -2.62. The van der Waals surface area contributed by atoms with E-state index in [1.54, 1.807) is 25.3 Å². The maximum absolute atomic E-state index is 14.3. The van der Waals surface area contributed by atoms with Crippen LogP contribution in [0.25, 0.3) is 11.1 Å². The number of carbonyl (C=O) groups excluding carboxylic acids is 2. The molecule has 3 aliphatic carbocycles. The van der Waals surface area contributed by atoms with Crippen LogP contribution < -0.4 is 20.3 Å². The Kier molecular flexibility index (Phi) is 12.8. The van der Waals surface area contributed by atoms with Crippen molar-refractivity contribution in [1.82, 2.24) is 25.6 Å². The quantitative estimate of drug-likeness (QED) is 0.176. The number of anilines is 1. The Labute approximate surface area is 332 Å². The molecule has 0 spiro atoms. The summed E-state index contributed by atoms with van der Waals surface area (Å²) >= 11 is 0. The second-order valence-corrected chi connectivity index (χ2v) is 17.4. The Balaban J connectivity index is 1.28. The number of aromatic nitrogens is 1. The van der Waals surface area contributed by atoms with E-state index in [1.807, 2.05) is 87.7 Å². The summed E-state index contributed by atoms with van der Waals surface area (Å²) in [5.74, 6) is 0.972. The van der Waals surface area contributed by atoms with Gasteiger partial charge in [-0.25, -0.2) is 0 Å². The molecule has 4 fully saturated rings. The number of hydrogen-bond acceptors (Lipinski definition) is 10. The van der Waals surface area contributed by atoms with Crippen LogP contribution in [0.4, 0.5) is 5.69 Å². The van der Waals surface area contributed by atoms with Crippen LogP contribution in [0.1, 0.15) is 62.2 Å². The molecule has 2 amide bonds. The van der Waals surface area contributed by atoms with Crippen LogP contribution in [-0.2, 0) is 22.6 Å². The molecular weight excluding hydrogens is 709 g/mol. The number of hydrogen-bond donors (Lipinski definition) is 4. The van der Waals surface area contributed by atoms with Gasteiger partial charge < -0.3 is 35.4 Å². The predicted octanol–water partition coefficient (Wildman–Crippen LogP) is 4.39. The number of hydroxylamine groups is 2. The molecule has 2 aromatic carbocycles. The van der Waals surface area contributed by atoms with E-state index in [2.05, 4.69) is 41.3 Å². The zero-order valence-electron chi connectivity index (χ0n) is 34.5. The van der Waals surface area contributed by atoms with E-state index in [-0.39, 0.29) is 42.5 Å². The fourth-order valence-electron chi connectivity index (χ4n) is 9.63. The van der Waals surface area contributed by atoms with E-state index in [9.17, 15) is 19.8 Å². The number of aliphatic hydroxyl groups excluding tert-OH is 2. The molecule has 12 heteroatoms. The number of para-hydroxylation sites is 1. The highest BCUT2D eigenvalue weighted by Gasteiger charge is 2.57. The maximum atomic E-state index is 14.3. The molecule has 0 unspecified atom stereocenters. The SMILES string of the molecule is COc1c(CN2O[C@@H](CO)[C@H]([C@H](C)O)[C@H]2C(=O)N[C@@H]2C[C@H]3C[C@@H]([C@@H]2C)C3(C)C)cccc1-c1cc(C(=O)N[C@@H](Cc2ccccn2)CN(C)C)cc(N(C)C)c1. The topological polar surface area (TPSA) is 140 Å². The molecule has 7 rings (SSSR count). The van der Waals surface area contributed by atoms with E-state index in [4.69, 9.17) is 9.57 Å². The van der Waals surface area contributed by atoms with Gasteiger partial charge in [-0.1, -0.05) is 45.0 Å². The standard InChI is InChI=1S/C44H62N6O6/c1-26-36-20-31(44(36,3)4)21-37(26)47-43(54)40-39(27(2)52)38(25-51)56-50(40)23-28-13-12-15-35(41(28)55-9)29-17-30(19-34(18-29)49(7)8)42(53)46-33(24-48(5)6)22-32-14-10-11-16-45-32/h10-19,26-27,31,33,36-40,51-52H,20-25H2,1-9H3,(H,46,53)(H,47,54)/t26-,27-,31+,33-,36-,37+,38-,39-,40-/m0/s1. The molecule has 3 saturated carbocycles. The van der Waals surface area contributed by atoms with Crippen LogP contribution in [0.3, 0.4) is 0 Å². The third-order valence-electron chi connectivity index (χ3n) is 12.8. The van der Waals surface area contributed by atoms with Gasteiger partial charge in [-0.2, -0.15) is 5.06 Å². The summed E-state index contributed by atoms with van der Waals surface area (Å²) in [5.41, 5.74) is 4.84. The van der Waals surface area contributed by atoms with Gasteiger partial charge in [0.2, 0.25) is 5.91 Å². The molecule has 1 aliphatic heterocycles. The van der Waals surface area contributed by atoms with Crippen molar-refractivity contribution >= 4 is 17.5 Å². The number of amides is 2. The highest BCUT2D eigenvalue weighted by molar-refractivity contribution is 5.97. The van der Waals surface area contributed by atoms with Crippen LogP contribution >= 0.6 is 0 Å². The Bertz CT molecular complexity index is 1840. The Morgan fingerprint density at radius 2 is 1.86 bits per heavy atom. The molecule has 4 aliphatic rings. The Morgan fingerprint density at radius 3 is 2.46 bits per heavy atom. The fourth-order valence-corrected chi connectivity index (χ4v) is 9.63. The highest BCUT2D eigenvalue weighted by atomic mass is 16.7. The van der Waals surface area contributed by atoms with Crippen LogP contribution in [0.2, 0.25) is 0 Å². The molecule has 4 N–H and O–H groups in total.